The second-order valence-electron chi connectivity index (χ2n) is 7.16. The number of ether oxygens (including phenoxy) is 2. The minimum atomic E-state index is -0.0526. The molecular formula is C22H28N2O3. The van der Waals surface area contributed by atoms with Gasteiger partial charge in [-0.2, -0.15) is 0 Å². The fraction of sp³-hybridized carbons (Fsp3) is 0.455. The van der Waals surface area contributed by atoms with Crippen molar-refractivity contribution in [2.45, 2.75) is 51.7 Å². The fourth-order valence-corrected chi connectivity index (χ4v) is 3.52. The van der Waals surface area contributed by atoms with Gasteiger partial charge >= 0.3 is 0 Å². The molecule has 0 saturated heterocycles. The molecule has 27 heavy (non-hydrogen) atoms. The zero-order chi connectivity index (χ0) is 19.1. The summed E-state index contributed by atoms with van der Waals surface area (Å²) >= 11 is 0. The van der Waals surface area contributed by atoms with Crippen molar-refractivity contribution in [3.8, 4) is 11.5 Å². The van der Waals surface area contributed by atoms with E-state index in [1.54, 1.807) is 13.3 Å². The van der Waals surface area contributed by atoms with E-state index in [2.05, 4.69) is 17.2 Å². The zero-order valence-corrected chi connectivity index (χ0v) is 16.1. The molecule has 1 aromatic carbocycles. The van der Waals surface area contributed by atoms with Crippen LogP contribution in [-0.2, 0) is 6.61 Å². The third-order valence-electron chi connectivity index (χ3n) is 5.25. The number of carbonyl (C=O) groups excluding carboxylic acids is 1. The van der Waals surface area contributed by atoms with Gasteiger partial charge in [0.05, 0.1) is 18.4 Å². The normalized spacial score (nSPS) is 15.8. The molecule has 5 nitrogen and oxygen atoms in total. The molecule has 1 N–H and O–H groups in total. The van der Waals surface area contributed by atoms with Gasteiger partial charge in [0.2, 0.25) is 0 Å². The van der Waals surface area contributed by atoms with Gasteiger partial charge in [-0.05, 0) is 62.1 Å². The van der Waals surface area contributed by atoms with E-state index in [1.165, 1.54) is 32.1 Å². The summed E-state index contributed by atoms with van der Waals surface area (Å²) in [6.07, 6.45) is 7.91. The van der Waals surface area contributed by atoms with Crippen LogP contribution in [0, 0.1) is 5.92 Å². The number of methoxy groups -OCH3 is 1. The number of carbonyl (C=O) groups is 1. The smallest absolute Gasteiger partial charge is 0.253 e. The van der Waals surface area contributed by atoms with Crippen LogP contribution in [0.2, 0.25) is 0 Å². The number of hydrogen-bond donors (Lipinski definition) is 1. The lowest BCUT2D eigenvalue weighted by atomic mass is 9.84. The minimum absolute atomic E-state index is 0.0526. The molecule has 2 aromatic rings. The standard InChI is InChI=1S/C22H28N2O3/c1-16(17-6-4-3-5-7-17)24-22(25)18-8-9-19(23-14-18)15-27-21-12-10-20(26-2)11-13-21/h8-14,16-17H,3-7,15H2,1-2H3,(H,24,25)/t16-/m1/s1. The summed E-state index contributed by atoms with van der Waals surface area (Å²) in [4.78, 5) is 16.8. The molecule has 1 amide bonds. The average Bonchev–Trinajstić information content (AvgIpc) is 2.73. The van der Waals surface area contributed by atoms with Gasteiger partial charge < -0.3 is 14.8 Å². The SMILES string of the molecule is COc1ccc(OCc2ccc(C(=O)N[C@H](C)C3CCCCC3)cn2)cc1. The van der Waals surface area contributed by atoms with Crippen molar-refractivity contribution in [3.05, 3.63) is 53.9 Å². The number of rotatable bonds is 7. The van der Waals surface area contributed by atoms with Gasteiger partial charge in [-0.25, -0.2) is 0 Å². The first-order valence-electron chi connectivity index (χ1n) is 9.68. The van der Waals surface area contributed by atoms with E-state index >= 15 is 0 Å². The molecule has 0 radical (unpaired) electrons. The Hall–Kier alpha value is -2.56. The first-order valence-corrected chi connectivity index (χ1v) is 9.68. The van der Waals surface area contributed by atoms with Crippen molar-refractivity contribution >= 4 is 5.91 Å². The van der Waals surface area contributed by atoms with Crippen LogP contribution in [0.1, 0.15) is 55.1 Å². The van der Waals surface area contributed by atoms with E-state index in [9.17, 15) is 4.79 Å². The molecule has 5 heteroatoms. The van der Waals surface area contributed by atoms with Crippen LogP contribution in [0.15, 0.2) is 42.6 Å². The van der Waals surface area contributed by atoms with E-state index in [0.29, 0.717) is 18.1 Å². The molecule has 144 valence electrons. The Labute approximate surface area is 161 Å². The predicted octanol–water partition coefficient (Wildman–Crippen LogP) is 4.37. The summed E-state index contributed by atoms with van der Waals surface area (Å²) in [5, 5.41) is 3.13. The summed E-state index contributed by atoms with van der Waals surface area (Å²) in [5.74, 6) is 2.08. The van der Waals surface area contributed by atoms with Crippen molar-refractivity contribution in [3.63, 3.8) is 0 Å². The third-order valence-corrected chi connectivity index (χ3v) is 5.25. The summed E-state index contributed by atoms with van der Waals surface area (Å²) < 4.78 is 10.8. The molecule has 3 rings (SSSR count). The van der Waals surface area contributed by atoms with Gasteiger partial charge in [-0.15, -0.1) is 0 Å². The summed E-state index contributed by atoms with van der Waals surface area (Å²) in [6, 6.07) is 11.3. The highest BCUT2D eigenvalue weighted by molar-refractivity contribution is 5.94. The second kappa shape index (κ2) is 9.40. The number of benzene rings is 1. The Morgan fingerprint density at radius 1 is 1.11 bits per heavy atom. The molecule has 1 aliphatic carbocycles. The Balaban J connectivity index is 1.50. The Bertz CT molecular complexity index is 722. The van der Waals surface area contributed by atoms with Crippen LogP contribution < -0.4 is 14.8 Å². The molecule has 1 aromatic heterocycles. The number of nitrogens with zero attached hydrogens (tertiary/aromatic N) is 1. The van der Waals surface area contributed by atoms with Crippen LogP contribution in [-0.4, -0.2) is 24.0 Å². The van der Waals surface area contributed by atoms with E-state index in [4.69, 9.17) is 9.47 Å². The number of amides is 1. The van der Waals surface area contributed by atoms with Crippen molar-refractivity contribution in [2.75, 3.05) is 7.11 Å². The highest BCUT2D eigenvalue weighted by atomic mass is 16.5. The Morgan fingerprint density at radius 3 is 2.44 bits per heavy atom. The lowest BCUT2D eigenvalue weighted by Gasteiger charge is -2.28. The van der Waals surface area contributed by atoms with Crippen LogP contribution >= 0.6 is 0 Å². The summed E-state index contributed by atoms with van der Waals surface area (Å²) in [5.41, 5.74) is 1.37. The molecule has 1 saturated carbocycles. The van der Waals surface area contributed by atoms with E-state index < -0.39 is 0 Å². The van der Waals surface area contributed by atoms with Crippen molar-refractivity contribution in [1.82, 2.24) is 10.3 Å². The highest BCUT2D eigenvalue weighted by Crippen LogP contribution is 2.26. The molecule has 0 spiro atoms. The molecule has 0 aliphatic heterocycles. The maximum absolute atomic E-state index is 12.5. The van der Waals surface area contributed by atoms with E-state index in [0.717, 1.165) is 17.2 Å². The second-order valence-corrected chi connectivity index (χ2v) is 7.16. The third kappa shape index (κ3) is 5.46. The maximum Gasteiger partial charge on any atom is 0.253 e. The zero-order valence-electron chi connectivity index (χ0n) is 16.1. The predicted molar refractivity (Wildman–Crippen MR) is 105 cm³/mol. The number of aromatic nitrogens is 1. The molecule has 1 aliphatic rings. The number of hydrogen-bond acceptors (Lipinski definition) is 4. The maximum atomic E-state index is 12.5. The summed E-state index contributed by atoms with van der Waals surface area (Å²) in [6.45, 7) is 2.46. The van der Waals surface area contributed by atoms with Crippen molar-refractivity contribution in [1.29, 1.82) is 0 Å². The molecule has 1 atom stereocenters. The minimum Gasteiger partial charge on any atom is -0.497 e. The molecule has 1 fully saturated rings. The first kappa shape index (κ1) is 19.2. The van der Waals surface area contributed by atoms with Gasteiger partial charge in [-0.1, -0.05) is 19.3 Å². The molecular weight excluding hydrogens is 340 g/mol. The summed E-state index contributed by atoms with van der Waals surface area (Å²) in [7, 11) is 1.63. The highest BCUT2D eigenvalue weighted by Gasteiger charge is 2.21. The van der Waals surface area contributed by atoms with Gasteiger partial charge in [0, 0.05) is 12.2 Å². The largest absolute Gasteiger partial charge is 0.497 e. The lowest BCUT2D eigenvalue weighted by molar-refractivity contribution is 0.0919. The van der Waals surface area contributed by atoms with E-state index in [-0.39, 0.29) is 11.9 Å². The van der Waals surface area contributed by atoms with Crippen LogP contribution in [0.4, 0.5) is 0 Å². The van der Waals surface area contributed by atoms with Crippen molar-refractivity contribution in [2.24, 2.45) is 5.92 Å². The quantitative estimate of drug-likeness (QED) is 0.788. The monoisotopic (exact) mass is 368 g/mol. The first-order chi connectivity index (χ1) is 13.2. The van der Waals surface area contributed by atoms with Gasteiger partial charge in [0.1, 0.15) is 18.1 Å². The van der Waals surface area contributed by atoms with Gasteiger partial charge in [-0.3, -0.25) is 9.78 Å². The van der Waals surface area contributed by atoms with Crippen LogP contribution in [0.25, 0.3) is 0 Å². The molecule has 1 heterocycles. The number of pyridine rings is 1. The average molecular weight is 368 g/mol. The van der Waals surface area contributed by atoms with Crippen molar-refractivity contribution < 1.29 is 14.3 Å². The molecule has 0 bridgehead atoms. The Kier molecular flexibility index (Phi) is 6.69. The van der Waals surface area contributed by atoms with Gasteiger partial charge in [0.15, 0.2) is 0 Å². The lowest BCUT2D eigenvalue weighted by Crippen LogP contribution is -2.38. The Morgan fingerprint density at radius 2 is 1.81 bits per heavy atom. The van der Waals surface area contributed by atoms with E-state index in [1.807, 2.05) is 36.4 Å². The van der Waals surface area contributed by atoms with Crippen LogP contribution in [0.5, 0.6) is 11.5 Å². The number of nitrogens with one attached hydrogen (secondary N) is 1. The van der Waals surface area contributed by atoms with Crippen LogP contribution in [0.3, 0.4) is 0 Å². The topological polar surface area (TPSA) is 60.5 Å². The van der Waals surface area contributed by atoms with Gasteiger partial charge in [0.25, 0.3) is 5.91 Å². The molecule has 0 unspecified atom stereocenters. The fourth-order valence-electron chi connectivity index (χ4n) is 3.52.